The van der Waals surface area contributed by atoms with Crippen LogP contribution in [0.4, 0.5) is 10.2 Å². The maximum absolute atomic E-state index is 13.5. The first-order chi connectivity index (χ1) is 12.2. The number of nitrogens with zero attached hydrogens (tertiary/aromatic N) is 3. The Bertz CT molecular complexity index is 652. The van der Waals surface area contributed by atoms with Crippen LogP contribution < -0.4 is 20.5 Å². The Morgan fingerprint density at radius 3 is 2.72 bits per heavy atom. The Morgan fingerprint density at radius 2 is 2.04 bits per heavy atom. The van der Waals surface area contributed by atoms with Crippen molar-refractivity contribution in [3.63, 3.8) is 0 Å². The smallest absolute Gasteiger partial charge is 0.245 e. The molecule has 4 rings (SSSR count). The molecule has 1 aromatic heterocycles. The summed E-state index contributed by atoms with van der Waals surface area (Å²) in [4.78, 5) is 21.0. The van der Waals surface area contributed by atoms with Crippen molar-refractivity contribution >= 4 is 11.7 Å². The van der Waals surface area contributed by atoms with Gasteiger partial charge in [-0.2, -0.15) is 4.98 Å². The Hall–Kier alpha value is -1.77. The minimum Gasteiger partial charge on any atom is -0.481 e. The lowest BCUT2D eigenvalue weighted by Crippen LogP contribution is -2.41. The monoisotopic (exact) mass is 349 g/mol. The maximum Gasteiger partial charge on any atom is 0.245 e. The van der Waals surface area contributed by atoms with E-state index in [1.54, 1.807) is 12.0 Å². The third-order valence-corrected chi connectivity index (χ3v) is 5.39. The summed E-state index contributed by atoms with van der Waals surface area (Å²) in [6.07, 6.45) is 0.426. The molecule has 0 aliphatic carbocycles. The van der Waals surface area contributed by atoms with Crippen molar-refractivity contribution in [1.82, 2.24) is 20.7 Å². The van der Waals surface area contributed by atoms with Gasteiger partial charge in [-0.3, -0.25) is 25.4 Å². The summed E-state index contributed by atoms with van der Waals surface area (Å²) in [5, 5.41) is 0. The number of pyridine rings is 1. The topological polar surface area (TPSA) is 69.7 Å². The minimum atomic E-state index is -0.812. The number of methoxy groups -OCH3 is 1. The van der Waals surface area contributed by atoms with Gasteiger partial charge in [0.05, 0.1) is 13.2 Å². The Morgan fingerprint density at radius 1 is 1.24 bits per heavy atom. The fraction of sp³-hybridized carbons (Fsp3) is 0.647. The number of amides is 1. The van der Waals surface area contributed by atoms with E-state index in [4.69, 9.17) is 4.74 Å². The molecule has 0 bridgehead atoms. The van der Waals surface area contributed by atoms with Crippen molar-refractivity contribution in [1.29, 1.82) is 0 Å². The first kappa shape index (κ1) is 16.7. The van der Waals surface area contributed by atoms with Crippen LogP contribution in [0.5, 0.6) is 5.88 Å². The van der Waals surface area contributed by atoms with E-state index in [0.717, 1.165) is 18.7 Å². The molecule has 0 saturated carbocycles. The van der Waals surface area contributed by atoms with Gasteiger partial charge in [0.2, 0.25) is 11.8 Å². The second-order valence-corrected chi connectivity index (χ2v) is 6.90. The number of hydrazine groups is 1. The van der Waals surface area contributed by atoms with Gasteiger partial charge in [0.15, 0.2) is 0 Å². The van der Waals surface area contributed by atoms with E-state index in [-0.39, 0.29) is 11.9 Å². The molecule has 4 heterocycles. The van der Waals surface area contributed by atoms with Crippen molar-refractivity contribution in [2.45, 2.75) is 31.0 Å². The third-order valence-electron chi connectivity index (χ3n) is 5.39. The second kappa shape index (κ2) is 6.86. The van der Waals surface area contributed by atoms with E-state index in [1.165, 1.54) is 0 Å². The zero-order valence-corrected chi connectivity index (χ0v) is 14.4. The van der Waals surface area contributed by atoms with E-state index in [1.807, 2.05) is 17.0 Å². The number of carbonyl (C=O) groups excluding carboxylic acids is 1. The van der Waals surface area contributed by atoms with Crippen LogP contribution in [-0.4, -0.2) is 67.8 Å². The van der Waals surface area contributed by atoms with Gasteiger partial charge < -0.3 is 4.74 Å². The average Bonchev–Trinajstić information content (AvgIpc) is 3.35. The van der Waals surface area contributed by atoms with Crippen LogP contribution >= 0.6 is 0 Å². The number of likely N-dealkylation sites (tertiary alicyclic amines) is 1. The van der Waals surface area contributed by atoms with E-state index < -0.39 is 6.17 Å². The molecule has 0 spiro atoms. The molecular weight excluding hydrogens is 325 g/mol. The largest absolute Gasteiger partial charge is 0.481 e. The number of hydrogen-bond acceptors (Lipinski definition) is 6. The summed E-state index contributed by atoms with van der Waals surface area (Å²) in [7, 11) is 1.60. The number of hydrogen-bond donors (Lipinski definition) is 2. The van der Waals surface area contributed by atoms with Gasteiger partial charge in [-0.1, -0.05) is 0 Å². The van der Waals surface area contributed by atoms with Gasteiger partial charge in [0.1, 0.15) is 12.0 Å². The summed E-state index contributed by atoms with van der Waals surface area (Å²) < 4.78 is 18.9. The second-order valence-electron chi connectivity index (χ2n) is 6.90. The third kappa shape index (κ3) is 3.09. The van der Waals surface area contributed by atoms with Crippen LogP contribution in [0.25, 0.3) is 0 Å². The molecule has 0 radical (unpaired) electrons. The van der Waals surface area contributed by atoms with Crippen molar-refractivity contribution < 1.29 is 13.9 Å². The predicted molar refractivity (Wildman–Crippen MR) is 91.4 cm³/mol. The Kier molecular flexibility index (Phi) is 4.58. The van der Waals surface area contributed by atoms with Gasteiger partial charge in [-0.25, -0.2) is 4.39 Å². The lowest BCUT2D eigenvalue weighted by molar-refractivity contribution is -0.121. The summed E-state index contributed by atoms with van der Waals surface area (Å²) in [5.74, 6) is 1.49. The minimum absolute atomic E-state index is 0.0144. The van der Waals surface area contributed by atoms with Crippen molar-refractivity contribution in [3.05, 3.63) is 17.7 Å². The quantitative estimate of drug-likeness (QED) is 0.822. The van der Waals surface area contributed by atoms with E-state index in [2.05, 4.69) is 15.8 Å². The molecule has 3 fully saturated rings. The van der Waals surface area contributed by atoms with Crippen LogP contribution in [0.3, 0.4) is 0 Å². The standard InChI is InChI=1S/C17H24FN5O2/c1-25-16-13(11-8-19-20-9-11)2-3-15(21-16)23-7-5-14(17(23)24)22-6-4-12(18)10-22/h2-3,11-12,14,19-20H,4-10H2,1H3/t12-,14?/m0/s1. The molecular formula is C17H24FN5O2. The Labute approximate surface area is 146 Å². The SMILES string of the molecule is COc1nc(N2CCC(N3CC[C@H](F)C3)C2=O)ccc1C1CNNC1. The molecule has 1 aromatic rings. The van der Waals surface area contributed by atoms with Gasteiger partial charge in [-0.15, -0.1) is 0 Å². The Balaban J connectivity index is 1.52. The molecule has 7 nitrogen and oxygen atoms in total. The van der Waals surface area contributed by atoms with Gasteiger partial charge >= 0.3 is 0 Å². The van der Waals surface area contributed by atoms with Crippen molar-refractivity contribution in [2.75, 3.05) is 44.7 Å². The lowest BCUT2D eigenvalue weighted by Gasteiger charge is -2.23. The van der Waals surface area contributed by atoms with E-state index >= 15 is 0 Å². The number of aromatic nitrogens is 1. The number of rotatable bonds is 4. The summed E-state index contributed by atoms with van der Waals surface area (Å²) in [5.41, 5.74) is 7.25. The van der Waals surface area contributed by atoms with Crippen LogP contribution in [0.2, 0.25) is 0 Å². The molecule has 1 amide bonds. The fourth-order valence-electron chi connectivity index (χ4n) is 4.01. The number of halogens is 1. The molecule has 0 aromatic carbocycles. The zero-order valence-electron chi connectivity index (χ0n) is 14.4. The number of nitrogens with one attached hydrogen (secondary N) is 2. The van der Waals surface area contributed by atoms with Crippen LogP contribution in [-0.2, 0) is 4.79 Å². The fourth-order valence-corrected chi connectivity index (χ4v) is 4.01. The number of ether oxygens (including phenoxy) is 1. The molecule has 2 N–H and O–H groups in total. The van der Waals surface area contributed by atoms with E-state index in [9.17, 15) is 9.18 Å². The molecule has 2 atom stereocenters. The highest BCUT2D eigenvalue weighted by molar-refractivity contribution is 5.98. The normalized spacial score (nSPS) is 28.2. The van der Waals surface area contributed by atoms with Crippen LogP contribution in [0, 0.1) is 0 Å². The molecule has 3 aliphatic heterocycles. The van der Waals surface area contributed by atoms with Gasteiger partial charge in [0.25, 0.3) is 0 Å². The number of carbonyl (C=O) groups is 1. The molecule has 3 aliphatic rings. The van der Waals surface area contributed by atoms with E-state index in [0.29, 0.717) is 50.1 Å². The lowest BCUT2D eigenvalue weighted by atomic mass is 10.0. The zero-order chi connectivity index (χ0) is 17.4. The summed E-state index contributed by atoms with van der Waals surface area (Å²) in [6, 6.07) is 3.66. The highest BCUT2D eigenvalue weighted by Gasteiger charge is 2.40. The summed E-state index contributed by atoms with van der Waals surface area (Å²) in [6.45, 7) is 3.27. The molecule has 136 valence electrons. The van der Waals surface area contributed by atoms with Gasteiger partial charge in [0, 0.05) is 44.2 Å². The maximum atomic E-state index is 13.5. The molecule has 8 heteroatoms. The first-order valence-electron chi connectivity index (χ1n) is 8.87. The predicted octanol–water partition coefficient (Wildman–Crippen LogP) is 0.431. The first-order valence-corrected chi connectivity index (χ1v) is 8.87. The van der Waals surface area contributed by atoms with Gasteiger partial charge in [-0.05, 0) is 25.0 Å². The molecule has 25 heavy (non-hydrogen) atoms. The van der Waals surface area contributed by atoms with Crippen molar-refractivity contribution in [3.8, 4) is 5.88 Å². The average molecular weight is 349 g/mol. The highest BCUT2D eigenvalue weighted by atomic mass is 19.1. The molecule has 1 unspecified atom stereocenters. The summed E-state index contributed by atoms with van der Waals surface area (Å²) >= 11 is 0. The van der Waals surface area contributed by atoms with Crippen LogP contribution in [0.1, 0.15) is 24.3 Å². The number of alkyl halides is 1. The molecule has 3 saturated heterocycles. The van der Waals surface area contributed by atoms with Crippen molar-refractivity contribution in [2.24, 2.45) is 0 Å². The number of anilines is 1. The van der Waals surface area contributed by atoms with Crippen LogP contribution in [0.15, 0.2) is 12.1 Å². The highest BCUT2D eigenvalue weighted by Crippen LogP contribution is 2.31.